The van der Waals surface area contributed by atoms with Crippen molar-refractivity contribution >= 4 is 15.9 Å². The summed E-state index contributed by atoms with van der Waals surface area (Å²) < 4.78 is 12.5. The molecular formula is C16H24BrNO2. The predicted molar refractivity (Wildman–Crippen MR) is 85.4 cm³/mol. The van der Waals surface area contributed by atoms with E-state index in [0.717, 1.165) is 36.2 Å². The fourth-order valence-corrected chi connectivity index (χ4v) is 3.35. The van der Waals surface area contributed by atoms with Crippen molar-refractivity contribution in [2.24, 2.45) is 5.92 Å². The van der Waals surface area contributed by atoms with E-state index in [9.17, 15) is 0 Å². The first-order chi connectivity index (χ1) is 9.65. The number of methoxy groups -OCH3 is 1. The largest absolute Gasteiger partial charge is 0.496 e. The highest BCUT2D eigenvalue weighted by molar-refractivity contribution is 9.10. The van der Waals surface area contributed by atoms with Crippen molar-refractivity contribution in [3.63, 3.8) is 0 Å². The Balaban J connectivity index is 2.17. The Morgan fingerprint density at radius 2 is 2.30 bits per heavy atom. The van der Waals surface area contributed by atoms with Gasteiger partial charge in [0.1, 0.15) is 5.75 Å². The zero-order valence-electron chi connectivity index (χ0n) is 12.5. The molecule has 112 valence electrons. The third-order valence-corrected chi connectivity index (χ3v) is 4.48. The number of likely N-dealkylation sites (N-methyl/N-ethyl adjacent to an activating group) is 1. The van der Waals surface area contributed by atoms with E-state index in [0.29, 0.717) is 18.1 Å². The van der Waals surface area contributed by atoms with Crippen molar-refractivity contribution in [3.05, 3.63) is 28.2 Å². The SMILES string of the molecule is CCNC(Cc1cc(Br)ccc1OC)C1OCCC1C. The molecule has 1 fully saturated rings. The Labute approximate surface area is 130 Å². The van der Waals surface area contributed by atoms with Gasteiger partial charge < -0.3 is 14.8 Å². The highest BCUT2D eigenvalue weighted by Crippen LogP contribution is 2.29. The summed E-state index contributed by atoms with van der Waals surface area (Å²) in [5.41, 5.74) is 1.22. The maximum atomic E-state index is 5.94. The van der Waals surface area contributed by atoms with Crippen molar-refractivity contribution in [3.8, 4) is 5.75 Å². The van der Waals surface area contributed by atoms with Crippen molar-refractivity contribution in [1.29, 1.82) is 0 Å². The van der Waals surface area contributed by atoms with E-state index >= 15 is 0 Å². The van der Waals surface area contributed by atoms with Crippen LogP contribution in [-0.2, 0) is 11.2 Å². The van der Waals surface area contributed by atoms with Gasteiger partial charge >= 0.3 is 0 Å². The van der Waals surface area contributed by atoms with Gasteiger partial charge in [-0.1, -0.05) is 29.8 Å². The van der Waals surface area contributed by atoms with E-state index in [1.165, 1.54) is 5.56 Å². The van der Waals surface area contributed by atoms with Crippen LogP contribution in [-0.4, -0.2) is 32.4 Å². The van der Waals surface area contributed by atoms with Crippen LogP contribution in [0, 0.1) is 5.92 Å². The second-order valence-electron chi connectivity index (χ2n) is 5.43. The molecular weight excluding hydrogens is 318 g/mol. The van der Waals surface area contributed by atoms with E-state index in [1.54, 1.807) is 7.11 Å². The van der Waals surface area contributed by atoms with Crippen LogP contribution in [0.25, 0.3) is 0 Å². The summed E-state index contributed by atoms with van der Waals surface area (Å²) >= 11 is 3.54. The molecule has 1 saturated heterocycles. The molecule has 0 aliphatic carbocycles. The highest BCUT2D eigenvalue weighted by Gasteiger charge is 2.32. The van der Waals surface area contributed by atoms with Gasteiger partial charge in [0.2, 0.25) is 0 Å². The van der Waals surface area contributed by atoms with Crippen LogP contribution in [0.1, 0.15) is 25.8 Å². The number of hydrogen-bond donors (Lipinski definition) is 1. The Kier molecular flexibility index (Phi) is 5.87. The molecule has 0 bridgehead atoms. The minimum atomic E-state index is 0.290. The minimum absolute atomic E-state index is 0.290. The number of ether oxygens (including phenoxy) is 2. The van der Waals surface area contributed by atoms with E-state index in [4.69, 9.17) is 9.47 Å². The minimum Gasteiger partial charge on any atom is -0.496 e. The highest BCUT2D eigenvalue weighted by atomic mass is 79.9. The number of rotatable bonds is 6. The van der Waals surface area contributed by atoms with Gasteiger partial charge in [-0.15, -0.1) is 0 Å². The van der Waals surface area contributed by atoms with Crippen LogP contribution < -0.4 is 10.1 Å². The standard InChI is InChI=1S/C16H24BrNO2/c1-4-18-14(16-11(2)7-8-20-16)10-12-9-13(17)5-6-15(12)19-3/h5-6,9,11,14,16,18H,4,7-8,10H2,1-3H3. The summed E-state index contributed by atoms with van der Waals surface area (Å²) in [4.78, 5) is 0. The lowest BCUT2D eigenvalue weighted by Gasteiger charge is -2.27. The fraction of sp³-hybridized carbons (Fsp3) is 0.625. The van der Waals surface area contributed by atoms with Gasteiger partial charge in [-0.3, -0.25) is 0 Å². The van der Waals surface area contributed by atoms with Crippen molar-refractivity contribution < 1.29 is 9.47 Å². The Morgan fingerprint density at radius 1 is 1.50 bits per heavy atom. The molecule has 1 aliphatic rings. The first-order valence-electron chi connectivity index (χ1n) is 7.33. The molecule has 1 aliphatic heterocycles. The molecule has 0 amide bonds. The lowest BCUT2D eigenvalue weighted by molar-refractivity contribution is 0.0613. The molecule has 20 heavy (non-hydrogen) atoms. The Morgan fingerprint density at radius 3 is 2.90 bits per heavy atom. The second-order valence-corrected chi connectivity index (χ2v) is 6.34. The molecule has 3 unspecified atom stereocenters. The van der Waals surface area contributed by atoms with Crippen LogP contribution in [0.5, 0.6) is 5.75 Å². The predicted octanol–water partition coefficient (Wildman–Crippen LogP) is 3.40. The smallest absolute Gasteiger partial charge is 0.122 e. The topological polar surface area (TPSA) is 30.5 Å². The lowest BCUT2D eigenvalue weighted by atomic mass is 9.92. The van der Waals surface area contributed by atoms with Gasteiger partial charge in [0.25, 0.3) is 0 Å². The van der Waals surface area contributed by atoms with Crippen LogP contribution in [0.2, 0.25) is 0 Å². The van der Waals surface area contributed by atoms with E-state index in [-0.39, 0.29) is 0 Å². The molecule has 3 atom stereocenters. The summed E-state index contributed by atoms with van der Waals surface area (Å²) in [6.45, 7) is 6.25. The van der Waals surface area contributed by atoms with Gasteiger partial charge in [-0.2, -0.15) is 0 Å². The Bertz CT molecular complexity index is 438. The molecule has 0 radical (unpaired) electrons. The fourth-order valence-electron chi connectivity index (χ4n) is 2.94. The number of benzene rings is 1. The molecule has 4 heteroatoms. The van der Waals surface area contributed by atoms with Crippen LogP contribution in [0.4, 0.5) is 0 Å². The summed E-state index contributed by atoms with van der Waals surface area (Å²) in [7, 11) is 1.73. The summed E-state index contributed by atoms with van der Waals surface area (Å²) in [6, 6.07) is 6.50. The Hall–Kier alpha value is -0.580. The molecule has 1 heterocycles. The molecule has 1 aromatic carbocycles. The number of halogens is 1. The van der Waals surface area contributed by atoms with Crippen LogP contribution in [0.15, 0.2) is 22.7 Å². The number of nitrogens with one attached hydrogen (secondary N) is 1. The summed E-state index contributed by atoms with van der Waals surface area (Å²) in [6.07, 6.45) is 2.37. The van der Waals surface area contributed by atoms with Crippen LogP contribution in [0.3, 0.4) is 0 Å². The normalized spacial score (nSPS) is 23.8. The van der Waals surface area contributed by atoms with Gasteiger partial charge in [0.15, 0.2) is 0 Å². The van der Waals surface area contributed by atoms with Crippen molar-refractivity contribution in [1.82, 2.24) is 5.32 Å². The number of hydrogen-bond acceptors (Lipinski definition) is 3. The summed E-state index contributed by atoms with van der Waals surface area (Å²) in [5, 5.41) is 3.58. The maximum absolute atomic E-state index is 5.94. The average molecular weight is 342 g/mol. The average Bonchev–Trinajstić information content (AvgIpc) is 2.85. The first kappa shape index (κ1) is 15.8. The molecule has 2 rings (SSSR count). The zero-order valence-corrected chi connectivity index (χ0v) is 14.1. The summed E-state index contributed by atoms with van der Waals surface area (Å²) in [5.74, 6) is 1.55. The van der Waals surface area contributed by atoms with E-state index in [2.05, 4.69) is 41.2 Å². The third-order valence-electron chi connectivity index (χ3n) is 3.99. The second kappa shape index (κ2) is 7.43. The quantitative estimate of drug-likeness (QED) is 0.860. The molecule has 3 nitrogen and oxygen atoms in total. The van der Waals surface area contributed by atoms with Crippen molar-refractivity contribution in [2.75, 3.05) is 20.3 Å². The molecule has 0 spiro atoms. The van der Waals surface area contributed by atoms with Gasteiger partial charge in [0.05, 0.1) is 13.2 Å². The third kappa shape index (κ3) is 3.74. The van der Waals surface area contributed by atoms with E-state index < -0.39 is 0 Å². The van der Waals surface area contributed by atoms with Gasteiger partial charge in [-0.25, -0.2) is 0 Å². The maximum Gasteiger partial charge on any atom is 0.122 e. The molecule has 1 N–H and O–H groups in total. The van der Waals surface area contributed by atoms with Gasteiger partial charge in [0, 0.05) is 17.1 Å². The molecule has 0 aromatic heterocycles. The van der Waals surface area contributed by atoms with Crippen molar-refractivity contribution in [2.45, 2.75) is 38.8 Å². The van der Waals surface area contributed by atoms with Crippen LogP contribution >= 0.6 is 15.9 Å². The van der Waals surface area contributed by atoms with Gasteiger partial charge in [-0.05, 0) is 49.1 Å². The zero-order chi connectivity index (χ0) is 14.5. The van der Waals surface area contributed by atoms with E-state index in [1.807, 2.05) is 12.1 Å². The first-order valence-corrected chi connectivity index (χ1v) is 8.12. The molecule has 1 aromatic rings. The monoisotopic (exact) mass is 341 g/mol. The lowest BCUT2D eigenvalue weighted by Crippen LogP contribution is -2.43. The molecule has 0 saturated carbocycles.